The van der Waals surface area contributed by atoms with Gasteiger partial charge in [0.15, 0.2) is 0 Å². The van der Waals surface area contributed by atoms with Gasteiger partial charge in [-0.1, -0.05) is 44.0 Å². The lowest BCUT2D eigenvalue weighted by molar-refractivity contribution is 0.629. The van der Waals surface area contributed by atoms with Crippen molar-refractivity contribution in [3.63, 3.8) is 0 Å². The van der Waals surface area contributed by atoms with Gasteiger partial charge in [0.1, 0.15) is 11.6 Å². The van der Waals surface area contributed by atoms with Crippen LogP contribution in [0.25, 0.3) is 21.8 Å². The molecule has 0 bridgehead atoms. The van der Waals surface area contributed by atoms with Crippen molar-refractivity contribution in [3.05, 3.63) is 83.7 Å². The van der Waals surface area contributed by atoms with Crippen molar-refractivity contribution in [1.82, 2.24) is 9.97 Å². The Balaban J connectivity index is 0.000000151. The fraction of sp³-hybridized carbons (Fsp3) is 0.100. The van der Waals surface area contributed by atoms with E-state index in [2.05, 4.69) is 41.8 Å². The molecule has 0 radical (unpaired) electrons. The van der Waals surface area contributed by atoms with Gasteiger partial charge in [0.25, 0.3) is 0 Å². The van der Waals surface area contributed by atoms with Gasteiger partial charge in [-0.2, -0.15) is 0 Å². The topological polar surface area (TPSA) is 25.8 Å². The smallest absolute Gasteiger partial charge is 0.132 e. The second-order valence-corrected chi connectivity index (χ2v) is 6.64. The van der Waals surface area contributed by atoms with Crippen LogP contribution in [0.3, 0.4) is 0 Å². The monoisotopic (exact) mass is 478 g/mol. The fourth-order valence-corrected chi connectivity index (χ4v) is 3.07. The van der Waals surface area contributed by atoms with E-state index in [0.717, 1.165) is 27.6 Å². The van der Waals surface area contributed by atoms with Crippen LogP contribution in [0, 0.1) is 11.6 Å². The van der Waals surface area contributed by atoms with Gasteiger partial charge in [-0.25, -0.2) is 8.78 Å². The number of fused-ring (bicyclic) bond motifs is 2. The number of pyridine rings is 2. The Morgan fingerprint density at radius 3 is 2.15 bits per heavy atom. The molecule has 6 heteroatoms. The number of alkyl halides is 2. The van der Waals surface area contributed by atoms with E-state index in [1.807, 2.05) is 24.3 Å². The average Bonchev–Trinajstić information content (AvgIpc) is 2.68. The van der Waals surface area contributed by atoms with Gasteiger partial charge in [-0.3, -0.25) is 9.97 Å². The van der Waals surface area contributed by atoms with E-state index in [-0.39, 0.29) is 11.6 Å². The molecule has 0 fully saturated rings. The van der Waals surface area contributed by atoms with Gasteiger partial charge in [0, 0.05) is 21.4 Å². The van der Waals surface area contributed by atoms with Gasteiger partial charge < -0.3 is 0 Å². The summed E-state index contributed by atoms with van der Waals surface area (Å²) in [5, 5.41) is 2.83. The number of hydrogen-bond donors (Lipinski definition) is 0. The molecule has 0 aliphatic rings. The minimum Gasteiger partial charge on any atom is -0.252 e. The second-order valence-electron chi connectivity index (χ2n) is 5.52. The van der Waals surface area contributed by atoms with Gasteiger partial charge in [-0.15, -0.1) is 0 Å². The molecule has 0 aliphatic heterocycles. The highest BCUT2D eigenvalue weighted by Crippen LogP contribution is 2.17. The van der Waals surface area contributed by atoms with Crippen LogP contribution < -0.4 is 0 Å². The first-order valence-corrected chi connectivity index (χ1v) is 10.1. The third kappa shape index (κ3) is 4.43. The summed E-state index contributed by atoms with van der Waals surface area (Å²) in [6, 6.07) is 16.9. The predicted octanol–water partition coefficient (Wildman–Crippen LogP) is 6.54. The van der Waals surface area contributed by atoms with E-state index >= 15 is 0 Å². The summed E-state index contributed by atoms with van der Waals surface area (Å²) in [5.41, 5.74) is 3.41. The van der Waals surface area contributed by atoms with E-state index in [1.165, 1.54) is 18.2 Å². The maximum Gasteiger partial charge on any atom is 0.132 e. The summed E-state index contributed by atoms with van der Waals surface area (Å²) >= 11 is 6.63. The molecule has 2 aromatic carbocycles. The first kappa shape index (κ1) is 18.9. The Kier molecular flexibility index (Phi) is 6.27. The molecule has 0 unspecified atom stereocenters. The third-order valence-corrected chi connectivity index (χ3v) is 4.87. The highest BCUT2D eigenvalue weighted by Gasteiger charge is 2.01. The van der Waals surface area contributed by atoms with E-state index in [9.17, 15) is 8.78 Å². The molecule has 2 aromatic heterocycles. The number of rotatable bonds is 2. The summed E-state index contributed by atoms with van der Waals surface area (Å²) in [7, 11) is 0. The molecule has 0 atom stereocenters. The van der Waals surface area contributed by atoms with E-state index in [1.54, 1.807) is 18.2 Å². The van der Waals surface area contributed by atoms with Crippen molar-refractivity contribution in [2.75, 3.05) is 0 Å². The van der Waals surface area contributed by atoms with Crippen molar-refractivity contribution in [2.45, 2.75) is 10.7 Å². The molecule has 132 valence electrons. The third-order valence-electron chi connectivity index (χ3n) is 3.72. The molecule has 2 nitrogen and oxygen atoms in total. The zero-order valence-corrected chi connectivity index (χ0v) is 16.8. The predicted molar refractivity (Wildman–Crippen MR) is 109 cm³/mol. The lowest BCUT2D eigenvalue weighted by atomic mass is 10.2. The molecule has 0 N–H and O–H groups in total. The van der Waals surface area contributed by atoms with Gasteiger partial charge in [-0.05, 0) is 48.5 Å². The quantitative estimate of drug-likeness (QED) is 0.305. The number of halogens is 4. The molecule has 26 heavy (non-hydrogen) atoms. The Morgan fingerprint density at radius 1 is 0.731 bits per heavy atom. The van der Waals surface area contributed by atoms with Crippen LogP contribution >= 0.6 is 31.9 Å². The van der Waals surface area contributed by atoms with Gasteiger partial charge >= 0.3 is 0 Å². The minimum atomic E-state index is -0.221. The van der Waals surface area contributed by atoms with Gasteiger partial charge in [0.2, 0.25) is 0 Å². The van der Waals surface area contributed by atoms with Crippen LogP contribution in [0.1, 0.15) is 11.4 Å². The standard InChI is InChI=1S/2C10H7BrFN/c11-6-9-3-1-7-5-8(12)2-4-10(7)13-9;11-6-7-4-5-8-9(12)2-1-3-10(8)13-7/h2*1-5H,6H2. The van der Waals surface area contributed by atoms with Crippen LogP contribution in [-0.4, -0.2) is 9.97 Å². The molecule has 0 saturated heterocycles. The van der Waals surface area contributed by atoms with E-state index in [0.29, 0.717) is 16.2 Å². The molecule has 4 aromatic rings. The second kappa shape index (κ2) is 8.64. The van der Waals surface area contributed by atoms with Crippen molar-refractivity contribution in [3.8, 4) is 0 Å². The zero-order chi connectivity index (χ0) is 18.5. The summed E-state index contributed by atoms with van der Waals surface area (Å²) in [5.74, 6) is -0.438. The molecular formula is C20H14Br2F2N2. The van der Waals surface area contributed by atoms with Crippen LogP contribution in [0.2, 0.25) is 0 Å². The van der Waals surface area contributed by atoms with E-state index < -0.39 is 0 Å². The number of benzene rings is 2. The molecule has 4 rings (SSSR count). The van der Waals surface area contributed by atoms with E-state index in [4.69, 9.17) is 0 Å². The van der Waals surface area contributed by atoms with Crippen molar-refractivity contribution in [2.24, 2.45) is 0 Å². The largest absolute Gasteiger partial charge is 0.252 e. The first-order chi connectivity index (χ1) is 12.6. The number of nitrogens with zero attached hydrogens (tertiary/aromatic N) is 2. The van der Waals surface area contributed by atoms with Crippen LogP contribution in [0.15, 0.2) is 60.7 Å². The first-order valence-electron chi connectivity index (χ1n) is 7.82. The molecule has 0 spiro atoms. The maximum absolute atomic E-state index is 13.2. The highest BCUT2D eigenvalue weighted by molar-refractivity contribution is 9.08. The average molecular weight is 480 g/mol. The number of aromatic nitrogens is 2. The van der Waals surface area contributed by atoms with Gasteiger partial charge in [0.05, 0.1) is 22.4 Å². The SMILES string of the molecule is Fc1ccc2nc(CBr)ccc2c1.Fc1cccc2nc(CBr)ccc12. The summed E-state index contributed by atoms with van der Waals surface area (Å²) in [6.45, 7) is 0. The lowest BCUT2D eigenvalue weighted by Gasteiger charge is -1.99. The Labute approximate surface area is 166 Å². The fourth-order valence-electron chi connectivity index (χ4n) is 2.45. The Hall–Kier alpha value is -1.92. The van der Waals surface area contributed by atoms with Crippen LogP contribution in [-0.2, 0) is 10.7 Å². The molecule has 2 heterocycles. The van der Waals surface area contributed by atoms with Crippen LogP contribution in [0.5, 0.6) is 0 Å². The summed E-state index contributed by atoms with van der Waals surface area (Å²) in [4.78, 5) is 8.59. The van der Waals surface area contributed by atoms with Crippen LogP contribution in [0.4, 0.5) is 8.78 Å². The highest BCUT2D eigenvalue weighted by atomic mass is 79.9. The molecule has 0 amide bonds. The Morgan fingerprint density at radius 2 is 1.42 bits per heavy atom. The Bertz CT molecular complexity index is 1050. The van der Waals surface area contributed by atoms with Crippen molar-refractivity contribution >= 4 is 53.7 Å². The molecular weight excluding hydrogens is 466 g/mol. The molecule has 0 saturated carbocycles. The summed E-state index contributed by atoms with van der Waals surface area (Å²) < 4.78 is 26.0. The van der Waals surface area contributed by atoms with Crippen molar-refractivity contribution < 1.29 is 8.78 Å². The normalized spacial score (nSPS) is 10.6. The summed E-state index contributed by atoms with van der Waals surface area (Å²) in [6.07, 6.45) is 0. The number of hydrogen-bond acceptors (Lipinski definition) is 2. The minimum absolute atomic E-state index is 0.217. The lowest BCUT2D eigenvalue weighted by Crippen LogP contribution is -1.87. The molecule has 0 aliphatic carbocycles. The van der Waals surface area contributed by atoms with Crippen molar-refractivity contribution in [1.29, 1.82) is 0 Å². The zero-order valence-electron chi connectivity index (χ0n) is 13.6. The maximum atomic E-state index is 13.2.